The molecule has 2 aromatic rings. The van der Waals surface area contributed by atoms with Crippen molar-refractivity contribution in [2.24, 2.45) is 5.73 Å². The number of aromatic nitrogens is 1. The summed E-state index contributed by atoms with van der Waals surface area (Å²) in [7, 11) is 0. The molecule has 136 valence electrons. The quantitative estimate of drug-likeness (QED) is 0.880. The van der Waals surface area contributed by atoms with E-state index < -0.39 is 5.91 Å². The lowest BCUT2D eigenvalue weighted by Crippen LogP contribution is -2.46. The van der Waals surface area contributed by atoms with Gasteiger partial charge in [-0.3, -0.25) is 9.69 Å². The highest BCUT2D eigenvalue weighted by Crippen LogP contribution is 2.33. The van der Waals surface area contributed by atoms with Gasteiger partial charge in [0, 0.05) is 38.9 Å². The van der Waals surface area contributed by atoms with Crippen LogP contribution in [0.15, 0.2) is 30.5 Å². The molecular formula is C18H19ClN4O3. The lowest BCUT2D eigenvalue weighted by molar-refractivity contribution is 0.1000. The highest BCUT2D eigenvalue weighted by Gasteiger charge is 2.21. The molecule has 2 aliphatic heterocycles. The topological polar surface area (TPSA) is 80.9 Å². The molecule has 2 N–H and O–H groups in total. The third-order valence-corrected chi connectivity index (χ3v) is 4.90. The van der Waals surface area contributed by atoms with Crippen molar-refractivity contribution in [3.8, 4) is 11.5 Å². The summed E-state index contributed by atoms with van der Waals surface area (Å²) in [4.78, 5) is 20.0. The number of hydrogen-bond acceptors (Lipinski definition) is 6. The second kappa shape index (κ2) is 7.01. The number of benzene rings is 1. The molecule has 1 aromatic heterocycles. The zero-order valence-corrected chi connectivity index (χ0v) is 14.9. The van der Waals surface area contributed by atoms with Crippen LogP contribution in [0.2, 0.25) is 5.02 Å². The number of carbonyl (C=O) groups is 1. The van der Waals surface area contributed by atoms with Gasteiger partial charge in [-0.1, -0.05) is 17.7 Å². The highest BCUT2D eigenvalue weighted by molar-refractivity contribution is 6.33. The van der Waals surface area contributed by atoms with Crippen LogP contribution < -0.4 is 20.1 Å². The maximum Gasteiger partial charge on any atom is 0.250 e. The van der Waals surface area contributed by atoms with Gasteiger partial charge >= 0.3 is 0 Å². The Morgan fingerprint density at radius 3 is 2.65 bits per heavy atom. The number of rotatable bonds is 4. The molecule has 3 heterocycles. The molecule has 8 heteroatoms. The van der Waals surface area contributed by atoms with E-state index in [4.69, 9.17) is 26.8 Å². The van der Waals surface area contributed by atoms with Crippen molar-refractivity contribution in [2.45, 2.75) is 6.54 Å². The molecule has 0 radical (unpaired) electrons. The lowest BCUT2D eigenvalue weighted by Gasteiger charge is -2.35. The van der Waals surface area contributed by atoms with Crippen LogP contribution in [0.1, 0.15) is 15.9 Å². The zero-order valence-electron chi connectivity index (χ0n) is 14.2. The average Bonchev–Trinajstić information content (AvgIpc) is 3.10. The van der Waals surface area contributed by atoms with Crippen molar-refractivity contribution in [1.82, 2.24) is 9.88 Å². The maximum atomic E-state index is 11.2. The molecule has 0 unspecified atom stereocenters. The van der Waals surface area contributed by atoms with Crippen LogP contribution in [0.4, 0.5) is 5.82 Å². The molecule has 0 spiro atoms. The van der Waals surface area contributed by atoms with Crippen molar-refractivity contribution >= 4 is 23.3 Å². The van der Waals surface area contributed by atoms with Gasteiger partial charge < -0.3 is 20.1 Å². The van der Waals surface area contributed by atoms with Gasteiger partial charge in [0.1, 0.15) is 5.82 Å². The molecule has 0 atom stereocenters. The molecule has 2 aliphatic rings. The number of anilines is 1. The third kappa shape index (κ3) is 3.40. The Bertz CT molecular complexity index is 837. The summed E-state index contributed by atoms with van der Waals surface area (Å²) >= 11 is 6.28. The first-order valence-electron chi connectivity index (χ1n) is 8.41. The standard InChI is InChI=1S/C18H19ClN4O3/c19-14-8-13(17(20)24)9-21-18(14)23-5-3-22(4-6-23)10-12-1-2-15-16(7-12)26-11-25-15/h1-2,7-9H,3-6,10-11H2,(H2,20,24). The van der Waals surface area contributed by atoms with Crippen molar-refractivity contribution in [3.63, 3.8) is 0 Å². The number of hydrogen-bond donors (Lipinski definition) is 1. The molecule has 4 rings (SSSR count). The largest absolute Gasteiger partial charge is 0.454 e. The van der Waals surface area contributed by atoms with E-state index in [9.17, 15) is 4.79 Å². The fourth-order valence-electron chi connectivity index (χ4n) is 3.21. The molecule has 26 heavy (non-hydrogen) atoms. The van der Waals surface area contributed by atoms with Gasteiger partial charge in [0.05, 0.1) is 10.6 Å². The minimum Gasteiger partial charge on any atom is -0.454 e. The molecule has 0 saturated carbocycles. The predicted octanol–water partition coefficient (Wildman–Crippen LogP) is 1.88. The van der Waals surface area contributed by atoms with E-state index in [1.165, 1.54) is 11.8 Å². The normalized spacial score (nSPS) is 16.7. The summed E-state index contributed by atoms with van der Waals surface area (Å²) in [5.74, 6) is 1.78. The first kappa shape index (κ1) is 16.9. The molecule has 0 aliphatic carbocycles. The molecular weight excluding hydrogens is 356 g/mol. The van der Waals surface area contributed by atoms with Gasteiger partial charge in [-0.05, 0) is 23.8 Å². The van der Waals surface area contributed by atoms with E-state index in [0.717, 1.165) is 44.2 Å². The molecule has 1 amide bonds. The number of pyridine rings is 1. The Kier molecular flexibility index (Phi) is 4.57. The fourth-order valence-corrected chi connectivity index (χ4v) is 3.50. The van der Waals surface area contributed by atoms with Crippen molar-refractivity contribution in [3.05, 3.63) is 46.6 Å². The van der Waals surface area contributed by atoms with Gasteiger partial charge in [-0.25, -0.2) is 4.98 Å². The maximum absolute atomic E-state index is 11.2. The summed E-state index contributed by atoms with van der Waals surface area (Å²) in [6.07, 6.45) is 1.47. The second-order valence-electron chi connectivity index (χ2n) is 6.34. The number of ether oxygens (including phenoxy) is 2. The monoisotopic (exact) mass is 374 g/mol. The van der Waals surface area contributed by atoms with E-state index in [2.05, 4.69) is 20.9 Å². The summed E-state index contributed by atoms with van der Waals surface area (Å²) < 4.78 is 10.8. The number of nitrogens with two attached hydrogens (primary N) is 1. The van der Waals surface area contributed by atoms with Gasteiger partial charge in [0.2, 0.25) is 12.7 Å². The molecule has 0 bridgehead atoms. The van der Waals surface area contributed by atoms with Crippen LogP contribution in [0, 0.1) is 0 Å². The van der Waals surface area contributed by atoms with Crippen LogP contribution in [0.5, 0.6) is 11.5 Å². The number of halogens is 1. The van der Waals surface area contributed by atoms with E-state index >= 15 is 0 Å². The molecule has 1 aromatic carbocycles. The minimum atomic E-state index is -0.528. The smallest absolute Gasteiger partial charge is 0.250 e. The fraction of sp³-hybridized carbons (Fsp3) is 0.333. The number of carbonyl (C=O) groups excluding carboxylic acids is 1. The number of fused-ring (bicyclic) bond motifs is 1. The van der Waals surface area contributed by atoms with Gasteiger partial charge in [-0.15, -0.1) is 0 Å². The third-order valence-electron chi connectivity index (χ3n) is 4.62. The Labute approximate surface area is 156 Å². The first-order valence-corrected chi connectivity index (χ1v) is 8.79. The summed E-state index contributed by atoms with van der Waals surface area (Å²) in [6.45, 7) is 4.56. The van der Waals surface area contributed by atoms with Gasteiger partial charge in [-0.2, -0.15) is 0 Å². The number of nitrogens with zero attached hydrogens (tertiary/aromatic N) is 3. The van der Waals surface area contributed by atoms with E-state index in [-0.39, 0.29) is 0 Å². The summed E-state index contributed by atoms with van der Waals surface area (Å²) in [6, 6.07) is 7.64. The van der Waals surface area contributed by atoms with Crippen molar-refractivity contribution in [1.29, 1.82) is 0 Å². The highest BCUT2D eigenvalue weighted by atomic mass is 35.5. The first-order chi connectivity index (χ1) is 12.6. The second-order valence-corrected chi connectivity index (χ2v) is 6.75. The van der Waals surface area contributed by atoms with Crippen LogP contribution >= 0.6 is 11.6 Å². The number of primary amides is 1. The zero-order chi connectivity index (χ0) is 18.1. The van der Waals surface area contributed by atoms with Crippen LogP contribution in [-0.2, 0) is 6.54 Å². The Morgan fingerprint density at radius 2 is 1.92 bits per heavy atom. The Morgan fingerprint density at radius 1 is 1.15 bits per heavy atom. The molecule has 1 saturated heterocycles. The van der Waals surface area contributed by atoms with Crippen molar-refractivity contribution < 1.29 is 14.3 Å². The van der Waals surface area contributed by atoms with Crippen LogP contribution in [0.3, 0.4) is 0 Å². The molecule has 7 nitrogen and oxygen atoms in total. The Balaban J connectivity index is 1.37. The Hall–Kier alpha value is -2.51. The van der Waals surface area contributed by atoms with E-state index in [1.807, 2.05) is 12.1 Å². The lowest BCUT2D eigenvalue weighted by atomic mass is 10.1. The van der Waals surface area contributed by atoms with Gasteiger partial charge in [0.25, 0.3) is 0 Å². The SMILES string of the molecule is NC(=O)c1cnc(N2CCN(Cc3ccc4c(c3)OCO4)CC2)c(Cl)c1. The van der Waals surface area contributed by atoms with E-state index in [1.54, 1.807) is 6.07 Å². The average molecular weight is 375 g/mol. The van der Waals surface area contributed by atoms with Crippen molar-refractivity contribution in [2.75, 3.05) is 37.9 Å². The summed E-state index contributed by atoms with van der Waals surface area (Å²) in [5.41, 5.74) is 6.78. The van der Waals surface area contributed by atoms with Crippen LogP contribution in [0.25, 0.3) is 0 Å². The minimum absolute atomic E-state index is 0.291. The van der Waals surface area contributed by atoms with Gasteiger partial charge in [0.15, 0.2) is 11.5 Å². The summed E-state index contributed by atoms with van der Waals surface area (Å²) in [5, 5.41) is 0.450. The van der Waals surface area contributed by atoms with Crippen LogP contribution in [-0.4, -0.2) is 48.8 Å². The number of piperazine rings is 1. The number of amides is 1. The van der Waals surface area contributed by atoms with E-state index in [0.29, 0.717) is 23.2 Å². The molecule has 1 fully saturated rings. The predicted molar refractivity (Wildman–Crippen MR) is 97.8 cm³/mol.